The van der Waals surface area contributed by atoms with Gasteiger partial charge in [-0.1, -0.05) is 11.6 Å². The van der Waals surface area contributed by atoms with Crippen molar-refractivity contribution in [2.75, 3.05) is 13.1 Å². The van der Waals surface area contributed by atoms with Crippen LogP contribution in [0, 0.1) is 11.3 Å². The molecule has 4 rings (SSSR count). The van der Waals surface area contributed by atoms with E-state index in [4.69, 9.17) is 26.3 Å². The molecule has 1 amide bonds. The van der Waals surface area contributed by atoms with Crippen LogP contribution in [0.1, 0.15) is 48.2 Å². The summed E-state index contributed by atoms with van der Waals surface area (Å²) in [5.74, 6) is 0.859. The second-order valence-electron chi connectivity index (χ2n) is 7.81. The summed E-state index contributed by atoms with van der Waals surface area (Å²) >= 11 is 6.07. The molecule has 8 nitrogen and oxygen atoms in total. The van der Waals surface area contributed by atoms with Crippen molar-refractivity contribution in [2.24, 2.45) is 0 Å². The van der Waals surface area contributed by atoms with Crippen molar-refractivity contribution in [3.63, 3.8) is 0 Å². The molecule has 1 atom stereocenters. The van der Waals surface area contributed by atoms with Crippen LogP contribution in [0.25, 0.3) is 0 Å². The molecule has 31 heavy (non-hydrogen) atoms. The number of halogens is 1. The molecule has 2 aromatic rings. The second-order valence-corrected chi connectivity index (χ2v) is 8.22. The van der Waals surface area contributed by atoms with E-state index in [0.29, 0.717) is 22.2 Å². The number of hydrogen-bond acceptors (Lipinski definition) is 7. The summed E-state index contributed by atoms with van der Waals surface area (Å²) < 4.78 is 11.7. The third-order valence-electron chi connectivity index (χ3n) is 5.55. The molecule has 9 heteroatoms. The average molecular weight is 442 g/mol. The first-order chi connectivity index (χ1) is 15.1. The minimum atomic E-state index is -0.232. The molecule has 2 heterocycles. The van der Waals surface area contributed by atoms with Gasteiger partial charge in [0.2, 0.25) is 5.88 Å². The number of rotatable bonds is 6. The smallest absolute Gasteiger partial charge is 0.272 e. The highest BCUT2D eigenvalue weighted by Gasteiger charge is 2.25. The normalized spacial score (nSPS) is 23.0. The molecule has 0 unspecified atom stereocenters. The number of nitriles is 1. The first kappa shape index (κ1) is 21.3. The predicted octanol–water partition coefficient (Wildman–Crippen LogP) is 2.86. The summed E-state index contributed by atoms with van der Waals surface area (Å²) in [6, 6.07) is 10.5. The molecular weight excluding hydrogens is 418 g/mol. The van der Waals surface area contributed by atoms with Gasteiger partial charge in [0.15, 0.2) is 5.69 Å². The highest BCUT2D eigenvalue weighted by molar-refractivity contribution is 6.31. The van der Waals surface area contributed by atoms with Crippen molar-refractivity contribution in [1.82, 2.24) is 20.8 Å². The first-order valence-corrected chi connectivity index (χ1v) is 10.9. The monoisotopic (exact) mass is 441 g/mol. The van der Waals surface area contributed by atoms with Crippen LogP contribution >= 0.6 is 11.6 Å². The highest BCUT2D eigenvalue weighted by Crippen LogP contribution is 2.27. The van der Waals surface area contributed by atoms with E-state index in [-0.39, 0.29) is 29.9 Å². The van der Waals surface area contributed by atoms with Crippen molar-refractivity contribution >= 4 is 17.5 Å². The van der Waals surface area contributed by atoms with Crippen molar-refractivity contribution in [1.29, 1.82) is 5.26 Å². The Labute approximate surface area is 185 Å². The maximum absolute atomic E-state index is 12.5. The van der Waals surface area contributed by atoms with Gasteiger partial charge in [0.25, 0.3) is 5.91 Å². The molecule has 1 saturated heterocycles. The fraction of sp³-hybridized carbons (Fsp3) is 0.455. The van der Waals surface area contributed by atoms with E-state index in [1.54, 1.807) is 30.3 Å². The van der Waals surface area contributed by atoms with Crippen LogP contribution in [0.5, 0.6) is 11.6 Å². The molecule has 0 radical (unpaired) electrons. The lowest BCUT2D eigenvalue weighted by molar-refractivity contribution is 0.0887. The first-order valence-electron chi connectivity index (χ1n) is 10.5. The molecule has 1 aliphatic carbocycles. The van der Waals surface area contributed by atoms with Gasteiger partial charge < -0.3 is 20.1 Å². The number of ether oxygens (including phenoxy) is 2. The van der Waals surface area contributed by atoms with Crippen molar-refractivity contribution < 1.29 is 14.3 Å². The van der Waals surface area contributed by atoms with Crippen LogP contribution in [-0.4, -0.2) is 47.4 Å². The fourth-order valence-corrected chi connectivity index (χ4v) is 4.05. The van der Waals surface area contributed by atoms with E-state index in [1.807, 2.05) is 6.07 Å². The van der Waals surface area contributed by atoms with E-state index in [9.17, 15) is 4.79 Å². The van der Waals surface area contributed by atoms with Gasteiger partial charge >= 0.3 is 0 Å². The molecule has 1 aromatic carbocycles. The Morgan fingerprint density at radius 1 is 1.10 bits per heavy atom. The second kappa shape index (κ2) is 9.94. The molecule has 1 saturated carbocycles. The maximum atomic E-state index is 12.5. The number of carbonyl (C=O) groups excluding carboxylic acids is 1. The number of hydrogen-bond donors (Lipinski definition) is 2. The summed E-state index contributed by atoms with van der Waals surface area (Å²) in [6.07, 6.45) is 4.35. The maximum Gasteiger partial charge on any atom is 0.272 e. The number of carbonyl (C=O) groups is 1. The minimum Gasteiger partial charge on any atom is -0.490 e. The van der Waals surface area contributed by atoms with Crippen LogP contribution in [0.2, 0.25) is 5.02 Å². The minimum absolute atomic E-state index is 0.0541. The standard InChI is InChI=1S/C22H24ClN5O3/c23-19-11-17(4-1-14(19)12-24)30-16-5-2-15(3-6-16)26-22(29)20-7-8-21(28-27-20)31-18-9-10-25-13-18/h1,4,7-8,11,15-16,18,25H,2-3,5-6,9-10,13H2,(H,26,29)/t15?,16?,18-/m0/s1. The molecule has 2 fully saturated rings. The van der Waals surface area contributed by atoms with Crippen molar-refractivity contribution in [3.8, 4) is 17.7 Å². The van der Waals surface area contributed by atoms with E-state index in [1.165, 1.54) is 0 Å². The van der Waals surface area contributed by atoms with Crippen LogP contribution < -0.4 is 20.1 Å². The Kier molecular flexibility index (Phi) is 6.85. The zero-order valence-electron chi connectivity index (χ0n) is 17.0. The van der Waals surface area contributed by atoms with Gasteiger partial charge in [0.1, 0.15) is 17.9 Å². The van der Waals surface area contributed by atoms with E-state index < -0.39 is 0 Å². The third-order valence-corrected chi connectivity index (χ3v) is 5.86. The van der Waals surface area contributed by atoms with Gasteiger partial charge in [-0.05, 0) is 56.8 Å². The average Bonchev–Trinajstić information content (AvgIpc) is 3.29. The Balaban J connectivity index is 1.23. The topological polar surface area (TPSA) is 109 Å². The Morgan fingerprint density at radius 2 is 1.94 bits per heavy atom. The number of aromatic nitrogens is 2. The summed E-state index contributed by atoms with van der Waals surface area (Å²) in [4.78, 5) is 12.5. The Morgan fingerprint density at radius 3 is 2.58 bits per heavy atom. The molecular formula is C22H24ClN5O3. The summed E-state index contributed by atoms with van der Waals surface area (Å²) in [5.41, 5.74) is 0.709. The Hall–Kier alpha value is -2.89. The number of amides is 1. The predicted molar refractivity (Wildman–Crippen MR) is 114 cm³/mol. The lowest BCUT2D eigenvalue weighted by atomic mass is 9.93. The molecule has 2 N–H and O–H groups in total. The van der Waals surface area contributed by atoms with Crippen LogP contribution in [0.4, 0.5) is 0 Å². The van der Waals surface area contributed by atoms with Crippen LogP contribution in [0.3, 0.4) is 0 Å². The third kappa shape index (κ3) is 5.63. The van der Waals surface area contributed by atoms with E-state index in [2.05, 4.69) is 20.8 Å². The molecule has 0 spiro atoms. The van der Waals surface area contributed by atoms with Gasteiger partial charge in [0.05, 0.1) is 16.7 Å². The summed E-state index contributed by atoms with van der Waals surface area (Å²) in [5, 5.41) is 23.6. The van der Waals surface area contributed by atoms with Gasteiger partial charge in [-0.3, -0.25) is 4.79 Å². The summed E-state index contributed by atoms with van der Waals surface area (Å²) in [7, 11) is 0. The highest BCUT2D eigenvalue weighted by atomic mass is 35.5. The molecule has 1 aliphatic heterocycles. The lowest BCUT2D eigenvalue weighted by Gasteiger charge is -2.29. The van der Waals surface area contributed by atoms with Crippen LogP contribution in [0.15, 0.2) is 30.3 Å². The molecule has 1 aromatic heterocycles. The number of nitrogens with one attached hydrogen (secondary N) is 2. The number of nitrogens with zero attached hydrogens (tertiary/aromatic N) is 3. The van der Waals surface area contributed by atoms with Crippen molar-refractivity contribution in [3.05, 3.63) is 46.6 Å². The zero-order valence-corrected chi connectivity index (χ0v) is 17.8. The molecule has 0 bridgehead atoms. The fourth-order valence-electron chi connectivity index (χ4n) is 3.84. The molecule has 162 valence electrons. The van der Waals surface area contributed by atoms with E-state index in [0.717, 1.165) is 45.2 Å². The quantitative estimate of drug-likeness (QED) is 0.709. The SMILES string of the molecule is N#Cc1ccc(OC2CCC(NC(=O)c3ccc(O[C@H]4CCNC4)nn3)CC2)cc1Cl. The van der Waals surface area contributed by atoms with Crippen LogP contribution in [-0.2, 0) is 0 Å². The molecule has 2 aliphatic rings. The van der Waals surface area contributed by atoms with Crippen molar-refractivity contribution in [2.45, 2.75) is 50.4 Å². The van der Waals surface area contributed by atoms with Gasteiger partial charge in [-0.25, -0.2) is 0 Å². The lowest BCUT2D eigenvalue weighted by Crippen LogP contribution is -2.40. The van der Waals surface area contributed by atoms with E-state index >= 15 is 0 Å². The Bertz CT molecular complexity index is 949. The van der Waals surface area contributed by atoms with Gasteiger partial charge in [0, 0.05) is 24.7 Å². The zero-order chi connectivity index (χ0) is 21.6. The van der Waals surface area contributed by atoms with Gasteiger partial charge in [-0.2, -0.15) is 5.26 Å². The number of benzene rings is 1. The largest absolute Gasteiger partial charge is 0.490 e. The van der Waals surface area contributed by atoms with Gasteiger partial charge in [-0.15, -0.1) is 10.2 Å². The summed E-state index contributed by atoms with van der Waals surface area (Å²) in [6.45, 7) is 1.74.